The molecule has 1 aromatic carbocycles. The first-order chi connectivity index (χ1) is 8.54. The third-order valence-corrected chi connectivity index (χ3v) is 3.03. The number of carboxylic acids is 1. The molecular formula is C15H22O3. The van der Waals surface area contributed by atoms with Crippen LogP contribution >= 0.6 is 0 Å². The van der Waals surface area contributed by atoms with Gasteiger partial charge in [-0.3, -0.25) is 0 Å². The number of benzene rings is 1. The molecule has 100 valence electrons. The molecule has 0 radical (unpaired) electrons. The van der Waals surface area contributed by atoms with Gasteiger partial charge < -0.3 is 9.84 Å². The van der Waals surface area contributed by atoms with Gasteiger partial charge in [-0.1, -0.05) is 26.3 Å². The summed E-state index contributed by atoms with van der Waals surface area (Å²) in [7, 11) is 0. The second-order valence-corrected chi connectivity index (χ2v) is 4.86. The van der Waals surface area contributed by atoms with Crippen LogP contribution in [0.2, 0.25) is 0 Å². The molecule has 18 heavy (non-hydrogen) atoms. The average Bonchev–Trinajstić information content (AvgIpc) is 2.31. The number of ether oxygens (including phenoxy) is 1. The van der Waals surface area contributed by atoms with Crippen molar-refractivity contribution in [1.82, 2.24) is 0 Å². The Bertz CT molecular complexity index is 399. The number of carbonyl (C=O) groups is 1. The Kier molecular flexibility index (Phi) is 5.86. The predicted octanol–water partition coefficient (Wildman–Crippen LogP) is 3.65. The Labute approximate surface area is 109 Å². The van der Waals surface area contributed by atoms with Gasteiger partial charge in [0.05, 0.1) is 12.2 Å². The zero-order valence-corrected chi connectivity index (χ0v) is 11.4. The highest BCUT2D eigenvalue weighted by molar-refractivity contribution is 5.87. The number of aromatic carboxylic acids is 1. The fourth-order valence-corrected chi connectivity index (χ4v) is 1.94. The zero-order chi connectivity index (χ0) is 13.5. The highest BCUT2D eigenvalue weighted by atomic mass is 16.5. The van der Waals surface area contributed by atoms with Crippen molar-refractivity contribution in [1.29, 1.82) is 0 Å². The molecule has 0 bridgehead atoms. The molecule has 0 saturated heterocycles. The van der Waals surface area contributed by atoms with Gasteiger partial charge in [0.2, 0.25) is 0 Å². The van der Waals surface area contributed by atoms with Crippen LogP contribution in [0.1, 0.15) is 48.2 Å². The van der Waals surface area contributed by atoms with Crippen molar-refractivity contribution in [3.8, 4) is 0 Å². The summed E-state index contributed by atoms with van der Waals surface area (Å²) in [5, 5.41) is 8.88. The summed E-state index contributed by atoms with van der Waals surface area (Å²) in [5.41, 5.74) is 2.36. The molecular weight excluding hydrogens is 228 g/mol. The molecule has 1 N–H and O–H groups in total. The summed E-state index contributed by atoms with van der Waals surface area (Å²) < 4.78 is 5.67. The molecule has 0 aliphatic carbocycles. The normalized spacial score (nSPS) is 12.4. The van der Waals surface area contributed by atoms with E-state index in [1.54, 1.807) is 12.1 Å². The molecule has 0 saturated carbocycles. The Morgan fingerprint density at radius 1 is 1.44 bits per heavy atom. The summed E-state index contributed by atoms with van der Waals surface area (Å²) in [6, 6.07) is 5.16. The zero-order valence-electron chi connectivity index (χ0n) is 11.4. The lowest BCUT2D eigenvalue weighted by Gasteiger charge is -2.12. The molecule has 0 aromatic heterocycles. The maximum atomic E-state index is 10.8. The highest BCUT2D eigenvalue weighted by Crippen LogP contribution is 2.14. The van der Waals surface area contributed by atoms with Gasteiger partial charge in [-0.2, -0.15) is 0 Å². The lowest BCUT2D eigenvalue weighted by molar-refractivity contribution is 0.0696. The van der Waals surface area contributed by atoms with Gasteiger partial charge in [-0.25, -0.2) is 4.79 Å². The van der Waals surface area contributed by atoms with Gasteiger partial charge in [0, 0.05) is 6.61 Å². The van der Waals surface area contributed by atoms with E-state index in [0.717, 1.165) is 17.7 Å². The second-order valence-electron chi connectivity index (χ2n) is 4.86. The van der Waals surface area contributed by atoms with Gasteiger partial charge >= 0.3 is 5.97 Å². The number of aryl methyl sites for hydroxylation is 1. The third kappa shape index (κ3) is 4.49. The fraction of sp³-hybridized carbons (Fsp3) is 0.533. The molecule has 1 unspecified atom stereocenters. The van der Waals surface area contributed by atoms with Crippen LogP contribution in [-0.2, 0) is 11.3 Å². The molecule has 1 rings (SSSR count). The first kappa shape index (κ1) is 14.7. The van der Waals surface area contributed by atoms with Crippen LogP contribution < -0.4 is 0 Å². The molecule has 0 aliphatic rings. The average molecular weight is 250 g/mol. The molecule has 0 heterocycles. The van der Waals surface area contributed by atoms with Gasteiger partial charge in [0.15, 0.2) is 0 Å². The van der Waals surface area contributed by atoms with Gasteiger partial charge in [-0.05, 0) is 42.5 Å². The van der Waals surface area contributed by atoms with E-state index in [1.807, 2.05) is 13.0 Å². The van der Waals surface area contributed by atoms with E-state index in [9.17, 15) is 4.79 Å². The quantitative estimate of drug-likeness (QED) is 0.803. The first-order valence-corrected chi connectivity index (χ1v) is 6.45. The van der Waals surface area contributed by atoms with E-state index < -0.39 is 5.97 Å². The van der Waals surface area contributed by atoms with Crippen LogP contribution in [0.4, 0.5) is 0 Å². The van der Waals surface area contributed by atoms with Gasteiger partial charge in [0.1, 0.15) is 0 Å². The van der Waals surface area contributed by atoms with Crippen molar-refractivity contribution in [3.63, 3.8) is 0 Å². The summed E-state index contributed by atoms with van der Waals surface area (Å²) >= 11 is 0. The van der Waals surface area contributed by atoms with E-state index >= 15 is 0 Å². The number of carboxylic acid groups (broad SMARTS) is 1. The third-order valence-electron chi connectivity index (χ3n) is 3.03. The largest absolute Gasteiger partial charge is 0.478 e. The van der Waals surface area contributed by atoms with Crippen molar-refractivity contribution >= 4 is 5.97 Å². The summed E-state index contributed by atoms with van der Waals surface area (Å²) in [5.74, 6) is -0.310. The van der Waals surface area contributed by atoms with Crippen LogP contribution in [0.15, 0.2) is 18.2 Å². The van der Waals surface area contributed by atoms with E-state index in [0.29, 0.717) is 18.1 Å². The van der Waals surface area contributed by atoms with Crippen LogP contribution in [0.3, 0.4) is 0 Å². The Balaban J connectivity index is 2.50. The SMILES string of the molecule is CCCC(C)COCc1ccc(C(=O)O)cc1C. The molecule has 0 spiro atoms. The number of hydrogen-bond acceptors (Lipinski definition) is 2. The van der Waals surface area contributed by atoms with Crippen LogP contribution in [0.5, 0.6) is 0 Å². The van der Waals surface area contributed by atoms with Crippen molar-refractivity contribution in [2.75, 3.05) is 6.61 Å². The standard InChI is InChI=1S/C15H22O3/c1-4-5-11(2)9-18-10-14-7-6-13(15(16)17)8-12(14)3/h6-8,11H,4-5,9-10H2,1-3H3,(H,16,17). The molecule has 0 fully saturated rings. The molecule has 0 amide bonds. The summed E-state index contributed by atoms with van der Waals surface area (Å²) in [6.07, 6.45) is 2.35. The maximum absolute atomic E-state index is 10.8. The Morgan fingerprint density at radius 3 is 2.72 bits per heavy atom. The highest BCUT2D eigenvalue weighted by Gasteiger charge is 2.06. The molecule has 1 aromatic rings. The predicted molar refractivity (Wildman–Crippen MR) is 71.9 cm³/mol. The first-order valence-electron chi connectivity index (χ1n) is 6.45. The molecule has 1 atom stereocenters. The van der Waals surface area contributed by atoms with Crippen molar-refractivity contribution in [3.05, 3.63) is 34.9 Å². The Morgan fingerprint density at radius 2 is 2.17 bits per heavy atom. The monoisotopic (exact) mass is 250 g/mol. The van der Waals surface area contributed by atoms with Crippen molar-refractivity contribution < 1.29 is 14.6 Å². The molecule has 0 aliphatic heterocycles. The Hall–Kier alpha value is -1.35. The molecule has 3 nitrogen and oxygen atoms in total. The second kappa shape index (κ2) is 7.17. The number of rotatable bonds is 7. The van der Waals surface area contributed by atoms with Crippen LogP contribution in [0.25, 0.3) is 0 Å². The van der Waals surface area contributed by atoms with E-state index in [4.69, 9.17) is 9.84 Å². The van der Waals surface area contributed by atoms with Gasteiger partial charge in [-0.15, -0.1) is 0 Å². The maximum Gasteiger partial charge on any atom is 0.335 e. The smallest absolute Gasteiger partial charge is 0.335 e. The van der Waals surface area contributed by atoms with Crippen LogP contribution in [-0.4, -0.2) is 17.7 Å². The van der Waals surface area contributed by atoms with Crippen molar-refractivity contribution in [2.24, 2.45) is 5.92 Å². The van der Waals surface area contributed by atoms with E-state index in [1.165, 1.54) is 12.8 Å². The van der Waals surface area contributed by atoms with E-state index in [-0.39, 0.29) is 0 Å². The summed E-state index contributed by atoms with van der Waals surface area (Å²) in [6.45, 7) is 7.59. The lowest BCUT2D eigenvalue weighted by Crippen LogP contribution is -2.06. The van der Waals surface area contributed by atoms with Crippen molar-refractivity contribution in [2.45, 2.75) is 40.2 Å². The summed E-state index contributed by atoms with van der Waals surface area (Å²) in [4.78, 5) is 10.8. The van der Waals surface area contributed by atoms with Crippen LogP contribution in [0, 0.1) is 12.8 Å². The van der Waals surface area contributed by atoms with E-state index in [2.05, 4.69) is 13.8 Å². The fourth-order valence-electron chi connectivity index (χ4n) is 1.94. The number of hydrogen-bond donors (Lipinski definition) is 1. The van der Waals surface area contributed by atoms with Gasteiger partial charge in [0.25, 0.3) is 0 Å². The molecule has 3 heteroatoms. The minimum absolute atomic E-state index is 0.329. The topological polar surface area (TPSA) is 46.5 Å². The lowest BCUT2D eigenvalue weighted by atomic mass is 10.1. The minimum Gasteiger partial charge on any atom is -0.478 e. The minimum atomic E-state index is -0.887.